The van der Waals surface area contributed by atoms with Crippen molar-refractivity contribution in [2.45, 2.75) is 40.7 Å². The fourth-order valence-corrected chi connectivity index (χ4v) is 3.76. The van der Waals surface area contributed by atoms with Gasteiger partial charge in [0.2, 0.25) is 10.0 Å². The minimum Gasteiger partial charge on any atom is -0.310 e. The van der Waals surface area contributed by atoms with Crippen LogP contribution in [-0.2, 0) is 10.0 Å². The summed E-state index contributed by atoms with van der Waals surface area (Å²) in [5.41, 5.74) is 1.50. The molecule has 0 spiro atoms. The normalized spacial score (nSPS) is 14.1. The Morgan fingerprint density at radius 2 is 1.70 bits per heavy atom. The van der Waals surface area contributed by atoms with E-state index in [1.54, 1.807) is 0 Å². The Kier molecular flexibility index (Phi) is 5.59. The number of sulfonamides is 1. The summed E-state index contributed by atoms with van der Waals surface area (Å²) < 4.78 is 26.7. The SMILES string of the molecule is CCNC(C)c1ccc(NS(=O)(=O)CC(C)(C)C)cc1. The number of hydrogen-bond acceptors (Lipinski definition) is 3. The highest BCUT2D eigenvalue weighted by molar-refractivity contribution is 7.92. The topological polar surface area (TPSA) is 58.2 Å². The van der Waals surface area contributed by atoms with Crippen molar-refractivity contribution in [2.24, 2.45) is 5.41 Å². The van der Waals surface area contributed by atoms with Crippen LogP contribution in [0.25, 0.3) is 0 Å². The van der Waals surface area contributed by atoms with E-state index in [0.717, 1.165) is 12.1 Å². The van der Waals surface area contributed by atoms with E-state index in [-0.39, 0.29) is 17.2 Å². The number of anilines is 1. The standard InChI is InChI=1S/C15H26N2O2S/c1-6-16-12(2)13-7-9-14(10-8-13)17-20(18,19)11-15(3,4)5/h7-10,12,16-17H,6,11H2,1-5H3. The van der Waals surface area contributed by atoms with Gasteiger partial charge in [-0.25, -0.2) is 8.42 Å². The first-order valence-corrected chi connectivity index (χ1v) is 8.62. The lowest BCUT2D eigenvalue weighted by Crippen LogP contribution is -2.26. The molecule has 0 bridgehead atoms. The maximum absolute atomic E-state index is 12.0. The molecule has 0 radical (unpaired) electrons. The summed E-state index contributed by atoms with van der Waals surface area (Å²) in [5, 5.41) is 3.32. The van der Waals surface area contributed by atoms with Crippen LogP contribution in [0.3, 0.4) is 0 Å². The number of hydrogen-bond donors (Lipinski definition) is 2. The molecule has 114 valence electrons. The van der Waals surface area contributed by atoms with Gasteiger partial charge in [-0.3, -0.25) is 4.72 Å². The highest BCUT2D eigenvalue weighted by Crippen LogP contribution is 2.20. The van der Waals surface area contributed by atoms with E-state index in [9.17, 15) is 8.42 Å². The summed E-state index contributed by atoms with van der Waals surface area (Å²) in [6.45, 7) is 10.8. The molecule has 0 aromatic heterocycles. The summed E-state index contributed by atoms with van der Waals surface area (Å²) in [4.78, 5) is 0. The first kappa shape index (κ1) is 17.0. The first-order valence-electron chi connectivity index (χ1n) is 6.97. The Labute approximate surface area is 123 Å². The van der Waals surface area contributed by atoms with E-state index in [0.29, 0.717) is 5.69 Å². The smallest absolute Gasteiger partial charge is 0.233 e. The van der Waals surface area contributed by atoms with Gasteiger partial charge in [-0.2, -0.15) is 0 Å². The largest absolute Gasteiger partial charge is 0.310 e. The van der Waals surface area contributed by atoms with Gasteiger partial charge in [0.1, 0.15) is 0 Å². The van der Waals surface area contributed by atoms with E-state index in [2.05, 4.69) is 23.9 Å². The third-order valence-electron chi connectivity index (χ3n) is 2.82. The number of nitrogens with one attached hydrogen (secondary N) is 2. The molecule has 0 fully saturated rings. The van der Waals surface area contributed by atoms with Crippen LogP contribution in [0.15, 0.2) is 24.3 Å². The highest BCUT2D eigenvalue weighted by atomic mass is 32.2. The molecule has 0 saturated heterocycles. The molecule has 2 N–H and O–H groups in total. The van der Waals surface area contributed by atoms with Gasteiger partial charge in [0.15, 0.2) is 0 Å². The molecular weight excluding hydrogens is 272 g/mol. The number of rotatable bonds is 6. The monoisotopic (exact) mass is 298 g/mol. The zero-order chi connectivity index (χ0) is 15.4. The summed E-state index contributed by atoms with van der Waals surface area (Å²) in [6, 6.07) is 7.78. The molecular formula is C15H26N2O2S. The van der Waals surface area contributed by atoms with Crippen LogP contribution < -0.4 is 10.0 Å². The lowest BCUT2D eigenvalue weighted by atomic mass is 10.0. The second-order valence-corrected chi connectivity index (χ2v) is 8.05. The summed E-state index contributed by atoms with van der Waals surface area (Å²) in [6.07, 6.45) is 0. The van der Waals surface area contributed by atoms with E-state index in [1.807, 2.05) is 45.0 Å². The second kappa shape index (κ2) is 6.59. The third-order valence-corrected chi connectivity index (χ3v) is 4.61. The lowest BCUT2D eigenvalue weighted by Gasteiger charge is -2.19. The molecule has 0 aliphatic heterocycles. The van der Waals surface area contributed by atoms with E-state index >= 15 is 0 Å². The lowest BCUT2D eigenvalue weighted by molar-refractivity contribution is 0.463. The Balaban J connectivity index is 2.75. The van der Waals surface area contributed by atoms with Crippen molar-refractivity contribution < 1.29 is 8.42 Å². The van der Waals surface area contributed by atoms with Gasteiger partial charge in [-0.1, -0.05) is 39.8 Å². The van der Waals surface area contributed by atoms with Crippen molar-refractivity contribution in [3.8, 4) is 0 Å². The molecule has 0 aliphatic rings. The molecule has 1 aromatic carbocycles. The van der Waals surface area contributed by atoms with Crippen molar-refractivity contribution in [2.75, 3.05) is 17.0 Å². The van der Waals surface area contributed by atoms with E-state index < -0.39 is 10.0 Å². The van der Waals surface area contributed by atoms with Gasteiger partial charge < -0.3 is 5.32 Å². The maximum atomic E-state index is 12.0. The fraction of sp³-hybridized carbons (Fsp3) is 0.600. The molecule has 1 aromatic rings. The zero-order valence-electron chi connectivity index (χ0n) is 13.0. The predicted molar refractivity (Wildman–Crippen MR) is 85.4 cm³/mol. The Morgan fingerprint density at radius 3 is 2.15 bits per heavy atom. The van der Waals surface area contributed by atoms with Crippen molar-refractivity contribution in [3.05, 3.63) is 29.8 Å². The van der Waals surface area contributed by atoms with Crippen LogP contribution in [0.4, 0.5) is 5.69 Å². The Hall–Kier alpha value is -1.07. The van der Waals surface area contributed by atoms with Crippen molar-refractivity contribution >= 4 is 15.7 Å². The molecule has 1 rings (SSSR count). The van der Waals surface area contributed by atoms with Crippen molar-refractivity contribution in [3.63, 3.8) is 0 Å². The van der Waals surface area contributed by atoms with Crippen LogP contribution in [0, 0.1) is 5.41 Å². The average molecular weight is 298 g/mol. The van der Waals surface area contributed by atoms with Gasteiger partial charge in [0, 0.05) is 11.7 Å². The molecule has 0 amide bonds. The van der Waals surface area contributed by atoms with Gasteiger partial charge in [0.05, 0.1) is 5.75 Å². The van der Waals surface area contributed by atoms with Crippen molar-refractivity contribution in [1.82, 2.24) is 5.32 Å². The maximum Gasteiger partial charge on any atom is 0.233 e. The molecule has 0 saturated carbocycles. The van der Waals surface area contributed by atoms with Gasteiger partial charge in [0.25, 0.3) is 0 Å². The second-order valence-electron chi connectivity index (χ2n) is 6.32. The van der Waals surface area contributed by atoms with Crippen LogP contribution in [0.2, 0.25) is 0 Å². The van der Waals surface area contributed by atoms with Gasteiger partial charge in [-0.05, 0) is 36.6 Å². The summed E-state index contributed by atoms with van der Waals surface area (Å²) >= 11 is 0. The summed E-state index contributed by atoms with van der Waals surface area (Å²) in [5.74, 6) is 0.107. The van der Waals surface area contributed by atoms with Crippen LogP contribution in [-0.4, -0.2) is 20.7 Å². The molecule has 0 heterocycles. The molecule has 5 heteroatoms. The Bertz CT molecular complexity index is 516. The number of benzene rings is 1. The highest BCUT2D eigenvalue weighted by Gasteiger charge is 2.21. The van der Waals surface area contributed by atoms with Crippen LogP contribution in [0.5, 0.6) is 0 Å². The van der Waals surface area contributed by atoms with Gasteiger partial charge >= 0.3 is 0 Å². The molecule has 1 unspecified atom stereocenters. The van der Waals surface area contributed by atoms with E-state index in [4.69, 9.17) is 0 Å². The predicted octanol–water partition coefficient (Wildman–Crippen LogP) is 3.14. The average Bonchev–Trinajstić information content (AvgIpc) is 2.26. The van der Waals surface area contributed by atoms with E-state index in [1.165, 1.54) is 0 Å². The first-order chi connectivity index (χ1) is 9.13. The minimum absolute atomic E-state index is 0.107. The molecule has 0 aliphatic carbocycles. The van der Waals surface area contributed by atoms with Crippen molar-refractivity contribution in [1.29, 1.82) is 0 Å². The molecule has 20 heavy (non-hydrogen) atoms. The fourth-order valence-electron chi connectivity index (χ4n) is 2.05. The summed E-state index contributed by atoms with van der Waals surface area (Å²) in [7, 11) is -3.30. The quantitative estimate of drug-likeness (QED) is 0.848. The minimum atomic E-state index is -3.30. The third kappa shape index (κ3) is 5.92. The van der Waals surface area contributed by atoms with Crippen LogP contribution in [0.1, 0.15) is 46.2 Å². The van der Waals surface area contributed by atoms with Gasteiger partial charge in [-0.15, -0.1) is 0 Å². The molecule has 1 atom stereocenters. The molecule has 4 nitrogen and oxygen atoms in total. The van der Waals surface area contributed by atoms with Crippen LogP contribution >= 0.6 is 0 Å². The Morgan fingerprint density at radius 1 is 1.15 bits per heavy atom. The zero-order valence-corrected chi connectivity index (χ0v) is 13.8.